The number of aryl methyl sites for hydroxylation is 1. The quantitative estimate of drug-likeness (QED) is 0.820. The van der Waals surface area contributed by atoms with Crippen molar-refractivity contribution < 1.29 is 4.79 Å². The molecule has 0 fully saturated rings. The highest BCUT2D eigenvalue weighted by Gasteiger charge is 2.24. The maximum atomic E-state index is 12.7. The summed E-state index contributed by atoms with van der Waals surface area (Å²) in [5.74, 6) is -0.0300. The number of carbonyl (C=O) groups excluding carboxylic acids is 1. The molecule has 21 heavy (non-hydrogen) atoms. The van der Waals surface area contributed by atoms with Gasteiger partial charge in [-0.2, -0.15) is 0 Å². The van der Waals surface area contributed by atoms with E-state index in [0.29, 0.717) is 23.7 Å². The summed E-state index contributed by atoms with van der Waals surface area (Å²) < 4.78 is 0. The molecule has 1 amide bonds. The summed E-state index contributed by atoms with van der Waals surface area (Å²) in [5.41, 5.74) is 10.6. The topological polar surface area (TPSA) is 46.3 Å². The van der Waals surface area contributed by atoms with Crippen molar-refractivity contribution in [3.8, 4) is 0 Å². The van der Waals surface area contributed by atoms with Crippen LogP contribution in [0.5, 0.6) is 0 Å². The zero-order valence-electron chi connectivity index (χ0n) is 11.9. The van der Waals surface area contributed by atoms with Gasteiger partial charge in [0, 0.05) is 18.8 Å². The van der Waals surface area contributed by atoms with E-state index in [9.17, 15) is 4.79 Å². The van der Waals surface area contributed by atoms with Crippen molar-refractivity contribution in [2.24, 2.45) is 0 Å². The molecule has 3 rings (SSSR count). The number of nitrogens with two attached hydrogens (primary N) is 1. The molecule has 0 saturated heterocycles. The lowest BCUT2D eigenvalue weighted by molar-refractivity contribution is 0.0735. The summed E-state index contributed by atoms with van der Waals surface area (Å²) in [7, 11) is 0. The van der Waals surface area contributed by atoms with Crippen LogP contribution in [-0.4, -0.2) is 17.4 Å². The number of nitrogen functional groups attached to an aromatic ring is 1. The van der Waals surface area contributed by atoms with Gasteiger partial charge in [-0.15, -0.1) is 0 Å². The summed E-state index contributed by atoms with van der Waals surface area (Å²) in [6.45, 7) is 3.15. The van der Waals surface area contributed by atoms with Crippen LogP contribution in [0.25, 0.3) is 0 Å². The number of anilines is 1. The van der Waals surface area contributed by atoms with Crippen molar-refractivity contribution in [1.82, 2.24) is 4.90 Å². The highest BCUT2D eigenvalue weighted by atomic mass is 35.5. The van der Waals surface area contributed by atoms with Crippen LogP contribution in [0.15, 0.2) is 36.4 Å². The fourth-order valence-electron chi connectivity index (χ4n) is 2.76. The highest BCUT2D eigenvalue weighted by Crippen LogP contribution is 2.27. The van der Waals surface area contributed by atoms with Gasteiger partial charge in [0.1, 0.15) is 0 Å². The maximum absolute atomic E-state index is 12.7. The molecule has 1 aliphatic rings. The van der Waals surface area contributed by atoms with Crippen LogP contribution in [0.3, 0.4) is 0 Å². The average Bonchev–Trinajstić information content (AvgIpc) is 2.49. The first-order valence-electron chi connectivity index (χ1n) is 6.98. The molecule has 0 unspecified atom stereocenters. The lowest BCUT2D eigenvalue weighted by Crippen LogP contribution is -2.36. The molecule has 0 aromatic heterocycles. The summed E-state index contributed by atoms with van der Waals surface area (Å²) in [5, 5.41) is 0.536. The third-order valence-corrected chi connectivity index (χ3v) is 4.52. The van der Waals surface area contributed by atoms with Gasteiger partial charge >= 0.3 is 0 Å². The Hall–Kier alpha value is -2.00. The van der Waals surface area contributed by atoms with E-state index in [1.807, 2.05) is 36.1 Å². The van der Waals surface area contributed by atoms with E-state index in [2.05, 4.69) is 6.07 Å². The lowest BCUT2D eigenvalue weighted by atomic mass is 9.97. The number of benzene rings is 2. The largest absolute Gasteiger partial charge is 0.398 e. The molecular weight excluding hydrogens is 284 g/mol. The van der Waals surface area contributed by atoms with Gasteiger partial charge in [0.05, 0.1) is 10.6 Å². The second-order valence-electron chi connectivity index (χ2n) is 5.40. The molecule has 0 atom stereocenters. The minimum Gasteiger partial charge on any atom is -0.398 e. The Labute approximate surface area is 129 Å². The molecule has 0 saturated carbocycles. The zero-order chi connectivity index (χ0) is 15.0. The molecule has 1 heterocycles. The molecule has 2 aromatic carbocycles. The highest BCUT2D eigenvalue weighted by molar-refractivity contribution is 6.34. The van der Waals surface area contributed by atoms with E-state index in [-0.39, 0.29) is 5.91 Å². The summed E-state index contributed by atoms with van der Waals surface area (Å²) >= 11 is 6.27. The van der Waals surface area contributed by atoms with Gasteiger partial charge in [-0.3, -0.25) is 4.79 Å². The van der Waals surface area contributed by atoms with E-state index in [0.717, 1.165) is 23.2 Å². The van der Waals surface area contributed by atoms with E-state index in [1.165, 1.54) is 5.56 Å². The third-order valence-electron chi connectivity index (χ3n) is 4.02. The molecule has 4 heteroatoms. The van der Waals surface area contributed by atoms with Crippen LogP contribution >= 0.6 is 11.6 Å². The van der Waals surface area contributed by atoms with Gasteiger partial charge < -0.3 is 10.6 Å². The number of rotatable bonds is 1. The minimum atomic E-state index is -0.0300. The van der Waals surface area contributed by atoms with Crippen LogP contribution in [0.2, 0.25) is 5.02 Å². The van der Waals surface area contributed by atoms with Crippen molar-refractivity contribution in [3.63, 3.8) is 0 Å². The number of hydrogen-bond donors (Lipinski definition) is 1. The second kappa shape index (κ2) is 5.41. The van der Waals surface area contributed by atoms with E-state index < -0.39 is 0 Å². The molecule has 108 valence electrons. The molecule has 0 aliphatic carbocycles. The molecule has 2 aromatic rings. The smallest absolute Gasteiger partial charge is 0.255 e. The maximum Gasteiger partial charge on any atom is 0.255 e. The summed E-state index contributed by atoms with van der Waals surface area (Å²) in [6, 6.07) is 11.5. The van der Waals surface area contributed by atoms with Crippen LogP contribution in [0.1, 0.15) is 27.0 Å². The Morgan fingerprint density at radius 1 is 1.24 bits per heavy atom. The second-order valence-corrected chi connectivity index (χ2v) is 5.78. The number of hydrogen-bond acceptors (Lipinski definition) is 2. The standard InChI is InChI=1S/C17H17ClN2O/c1-11-4-2-6-13(16(11)18)17(21)20-9-8-12-5-3-7-15(19)14(12)10-20/h2-7H,8-10,19H2,1H3. The van der Waals surface area contributed by atoms with Crippen LogP contribution < -0.4 is 5.73 Å². The SMILES string of the molecule is Cc1cccc(C(=O)N2CCc3cccc(N)c3C2)c1Cl. The van der Waals surface area contributed by atoms with Crippen LogP contribution in [-0.2, 0) is 13.0 Å². The van der Waals surface area contributed by atoms with Gasteiger partial charge in [-0.05, 0) is 42.2 Å². The Kier molecular flexibility index (Phi) is 3.60. The van der Waals surface area contributed by atoms with E-state index in [4.69, 9.17) is 17.3 Å². The van der Waals surface area contributed by atoms with E-state index >= 15 is 0 Å². The molecular formula is C17H17ClN2O. The molecule has 2 N–H and O–H groups in total. The molecule has 0 radical (unpaired) electrons. The first-order chi connectivity index (χ1) is 10.1. The van der Waals surface area contributed by atoms with Gasteiger partial charge in [0.2, 0.25) is 0 Å². The van der Waals surface area contributed by atoms with Gasteiger partial charge in [-0.1, -0.05) is 35.9 Å². The third kappa shape index (κ3) is 2.49. The number of amides is 1. The summed E-state index contributed by atoms with van der Waals surface area (Å²) in [6.07, 6.45) is 0.829. The predicted molar refractivity (Wildman–Crippen MR) is 85.5 cm³/mol. The summed E-state index contributed by atoms with van der Waals surface area (Å²) in [4.78, 5) is 14.5. The van der Waals surface area contributed by atoms with Crippen LogP contribution in [0, 0.1) is 6.92 Å². The van der Waals surface area contributed by atoms with Crippen molar-refractivity contribution >= 4 is 23.2 Å². The van der Waals surface area contributed by atoms with E-state index in [1.54, 1.807) is 6.07 Å². The first-order valence-corrected chi connectivity index (χ1v) is 7.36. The molecule has 0 bridgehead atoms. The van der Waals surface area contributed by atoms with Gasteiger partial charge in [-0.25, -0.2) is 0 Å². The Balaban J connectivity index is 1.91. The fraction of sp³-hybridized carbons (Fsp3) is 0.235. The van der Waals surface area contributed by atoms with Crippen molar-refractivity contribution in [2.75, 3.05) is 12.3 Å². The van der Waals surface area contributed by atoms with Gasteiger partial charge in [0.15, 0.2) is 0 Å². The fourth-order valence-corrected chi connectivity index (χ4v) is 2.97. The monoisotopic (exact) mass is 300 g/mol. The van der Waals surface area contributed by atoms with Gasteiger partial charge in [0.25, 0.3) is 5.91 Å². The van der Waals surface area contributed by atoms with Crippen molar-refractivity contribution in [3.05, 3.63) is 63.7 Å². The molecule has 1 aliphatic heterocycles. The first kappa shape index (κ1) is 14.0. The normalized spacial score (nSPS) is 13.9. The number of halogens is 1. The van der Waals surface area contributed by atoms with Crippen molar-refractivity contribution in [2.45, 2.75) is 19.9 Å². The lowest BCUT2D eigenvalue weighted by Gasteiger charge is -2.30. The van der Waals surface area contributed by atoms with Crippen molar-refractivity contribution in [1.29, 1.82) is 0 Å². The number of fused-ring (bicyclic) bond motifs is 1. The average molecular weight is 301 g/mol. The molecule has 0 spiro atoms. The van der Waals surface area contributed by atoms with Crippen LogP contribution in [0.4, 0.5) is 5.69 Å². The number of nitrogens with zero attached hydrogens (tertiary/aromatic N) is 1. The Morgan fingerprint density at radius 2 is 2.00 bits per heavy atom. The minimum absolute atomic E-state index is 0.0300. The Bertz CT molecular complexity index is 712. The molecule has 3 nitrogen and oxygen atoms in total. The zero-order valence-corrected chi connectivity index (χ0v) is 12.7. The Morgan fingerprint density at radius 3 is 2.81 bits per heavy atom. The predicted octanol–water partition coefficient (Wildman–Crippen LogP) is 3.43. The number of carbonyl (C=O) groups is 1.